The molecule has 0 bridgehead atoms. The molecule has 1 heterocycles. The quantitative estimate of drug-likeness (QED) is 0.918. The van der Waals surface area contributed by atoms with Crippen LogP contribution in [0.1, 0.15) is 32.8 Å². The van der Waals surface area contributed by atoms with Gasteiger partial charge in [0.05, 0.1) is 0 Å². The monoisotopic (exact) mass is 274 g/mol. The summed E-state index contributed by atoms with van der Waals surface area (Å²) < 4.78 is 0. The Balaban J connectivity index is 2.28. The lowest BCUT2D eigenvalue weighted by molar-refractivity contribution is -0.126. The van der Waals surface area contributed by atoms with E-state index in [9.17, 15) is 9.59 Å². The standard InChI is InChI=1S/C16H22N2O2/c1-4-12-5-7-13(8-6-12)18-10-9-14(19)17-15(11(2)3)16(18)20/h5-8,11,15H,4,9-10H2,1-3H3,(H,17,19). The summed E-state index contributed by atoms with van der Waals surface area (Å²) in [6.45, 7) is 6.45. The Morgan fingerprint density at radius 3 is 2.45 bits per heavy atom. The number of nitrogens with one attached hydrogen (secondary N) is 1. The Morgan fingerprint density at radius 1 is 1.25 bits per heavy atom. The second-order valence-electron chi connectivity index (χ2n) is 5.55. The third-order valence-corrected chi connectivity index (χ3v) is 3.73. The van der Waals surface area contributed by atoms with E-state index in [1.54, 1.807) is 4.90 Å². The number of nitrogens with zero attached hydrogens (tertiary/aromatic N) is 1. The van der Waals surface area contributed by atoms with Gasteiger partial charge in [-0.3, -0.25) is 9.59 Å². The lowest BCUT2D eigenvalue weighted by atomic mass is 10.0. The van der Waals surface area contributed by atoms with Crippen molar-refractivity contribution < 1.29 is 9.59 Å². The van der Waals surface area contributed by atoms with Crippen LogP contribution in [0.2, 0.25) is 0 Å². The number of hydrogen-bond donors (Lipinski definition) is 1. The normalized spacial score (nSPS) is 20.0. The first-order chi connectivity index (χ1) is 9.52. The fourth-order valence-corrected chi connectivity index (χ4v) is 2.42. The molecule has 1 unspecified atom stereocenters. The van der Waals surface area contributed by atoms with Crippen molar-refractivity contribution in [2.24, 2.45) is 5.92 Å². The van der Waals surface area contributed by atoms with E-state index in [0.717, 1.165) is 12.1 Å². The van der Waals surface area contributed by atoms with Crippen molar-refractivity contribution in [1.82, 2.24) is 5.32 Å². The SMILES string of the molecule is CCc1ccc(N2CCC(=O)NC(C(C)C)C2=O)cc1. The fourth-order valence-electron chi connectivity index (χ4n) is 2.42. The minimum absolute atomic E-state index is 0.0184. The van der Waals surface area contributed by atoms with Crippen molar-refractivity contribution in [1.29, 1.82) is 0 Å². The van der Waals surface area contributed by atoms with Gasteiger partial charge >= 0.3 is 0 Å². The minimum Gasteiger partial charge on any atom is -0.344 e. The van der Waals surface area contributed by atoms with E-state index in [1.165, 1.54) is 5.56 Å². The van der Waals surface area contributed by atoms with Gasteiger partial charge in [-0.15, -0.1) is 0 Å². The topological polar surface area (TPSA) is 49.4 Å². The summed E-state index contributed by atoms with van der Waals surface area (Å²) in [5, 5.41) is 2.82. The summed E-state index contributed by atoms with van der Waals surface area (Å²) in [6, 6.07) is 7.56. The summed E-state index contributed by atoms with van der Waals surface area (Å²) in [5.74, 6) is 0.0155. The van der Waals surface area contributed by atoms with E-state index < -0.39 is 6.04 Å². The zero-order chi connectivity index (χ0) is 14.7. The van der Waals surface area contributed by atoms with Gasteiger partial charge in [0, 0.05) is 18.7 Å². The van der Waals surface area contributed by atoms with Gasteiger partial charge in [0.25, 0.3) is 0 Å². The molecule has 2 amide bonds. The van der Waals surface area contributed by atoms with Crippen molar-refractivity contribution in [2.45, 2.75) is 39.7 Å². The summed E-state index contributed by atoms with van der Waals surface area (Å²) in [5.41, 5.74) is 2.11. The molecule has 0 spiro atoms. The van der Waals surface area contributed by atoms with Gasteiger partial charge in [0.2, 0.25) is 11.8 Å². The Labute approximate surface area is 120 Å². The molecule has 2 rings (SSSR count). The average Bonchev–Trinajstić information content (AvgIpc) is 2.59. The zero-order valence-electron chi connectivity index (χ0n) is 12.3. The van der Waals surface area contributed by atoms with Crippen LogP contribution in [0.3, 0.4) is 0 Å². The van der Waals surface area contributed by atoms with E-state index in [2.05, 4.69) is 12.2 Å². The molecule has 0 saturated carbocycles. The van der Waals surface area contributed by atoms with Crippen molar-refractivity contribution >= 4 is 17.5 Å². The van der Waals surface area contributed by atoms with Crippen LogP contribution in [0.4, 0.5) is 5.69 Å². The van der Waals surface area contributed by atoms with Crippen molar-refractivity contribution in [3.05, 3.63) is 29.8 Å². The number of rotatable bonds is 3. The maximum Gasteiger partial charge on any atom is 0.249 e. The van der Waals surface area contributed by atoms with Crippen LogP contribution in [-0.2, 0) is 16.0 Å². The van der Waals surface area contributed by atoms with Gasteiger partial charge in [0.15, 0.2) is 0 Å². The van der Waals surface area contributed by atoms with Crippen molar-refractivity contribution in [3.63, 3.8) is 0 Å². The Kier molecular flexibility index (Phi) is 4.42. The van der Waals surface area contributed by atoms with Crippen molar-refractivity contribution in [2.75, 3.05) is 11.4 Å². The van der Waals surface area contributed by atoms with Crippen LogP contribution in [0.25, 0.3) is 0 Å². The second-order valence-corrected chi connectivity index (χ2v) is 5.55. The van der Waals surface area contributed by atoms with Gasteiger partial charge < -0.3 is 10.2 Å². The smallest absolute Gasteiger partial charge is 0.249 e. The van der Waals surface area contributed by atoms with Crippen LogP contribution in [0.15, 0.2) is 24.3 Å². The molecule has 1 fully saturated rings. The van der Waals surface area contributed by atoms with Gasteiger partial charge in [-0.1, -0.05) is 32.9 Å². The third kappa shape index (κ3) is 3.00. The van der Waals surface area contributed by atoms with E-state index in [4.69, 9.17) is 0 Å². The highest BCUT2D eigenvalue weighted by molar-refractivity contribution is 6.01. The lowest BCUT2D eigenvalue weighted by Gasteiger charge is -2.26. The number of amides is 2. The molecule has 1 aromatic rings. The molecular weight excluding hydrogens is 252 g/mol. The third-order valence-electron chi connectivity index (χ3n) is 3.73. The maximum atomic E-state index is 12.6. The number of carbonyl (C=O) groups is 2. The summed E-state index contributed by atoms with van der Waals surface area (Å²) >= 11 is 0. The number of hydrogen-bond acceptors (Lipinski definition) is 2. The molecule has 108 valence electrons. The summed E-state index contributed by atoms with van der Waals surface area (Å²) in [7, 11) is 0. The molecule has 4 heteroatoms. The minimum atomic E-state index is -0.434. The van der Waals surface area contributed by atoms with Crippen molar-refractivity contribution in [3.8, 4) is 0 Å². The molecule has 1 saturated heterocycles. The van der Waals surface area contributed by atoms with Crippen LogP contribution >= 0.6 is 0 Å². The fraction of sp³-hybridized carbons (Fsp3) is 0.500. The first kappa shape index (κ1) is 14.6. The summed E-state index contributed by atoms with van der Waals surface area (Å²) in [4.78, 5) is 26.1. The van der Waals surface area contributed by atoms with Gasteiger partial charge in [-0.25, -0.2) is 0 Å². The molecule has 1 aromatic carbocycles. The van der Waals surface area contributed by atoms with E-state index in [1.807, 2.05) is 38.1 Å². The molecule has 0 radical (unpaired) electrons. The van der Waals surface area contributed by atoms with Gasteiger partial charge in [-0.2, -0.15) is 0 Å². The predicted molar refractivity (Wildman–Crippen MR) is 79.6 cm³/mol. The van der Waals surface area contributed by atoms with Gasteiger partial charge in [-0.05, 0) is 30.0 Å². The highest BCUT2D eigenvalue weighted by Crippen LogP contribution is 2.20. The first-order valence-electron chi connectivity index (χ1n) is 7.22. The molecular formula is C16H22N2O2. The van der Waals surface area contributed by atoms with Crippen LogP contribution < -0.4 is 10.2 Å². The molecule has 4 nitrogen and oxygen atoms in total. The van der Waals surface area contributed by atoms with E-state index in [-0.39, 0.29) is 17.7 Å². The highest BCUT2D eigenvalue weighted by Gasteiger charge is 2.32. The molecule has 1 atom stereocenters. The van der Waals surface area contributed by atoms with E-state index in [0.29, 0.717) is 13.0 Å². The van der Waals surface area contributed by atoms with Gasteiger partial charge in [0.1, 0.15) is 6.04 Å². The van der Waals surface area contributed by atoms with Crippen LogP contribution in [-0.4, -0.2) is 24.4 Å². The highest BCUT2D eigenvalue weighted by atomic mass is 16.2. The Morgan fingerprint density at radius 2 is 1.90 bits per heavy atom. The Bertz CT molecular complexity index is 494. The van der Waals surface area contributed by atoms with Crippen LogP contribution in [0.5, 0.6) is 0 Å². The first-order valence-corrected chi connectivity index (χ1v) is 7.22. The average molecular weight is 274 g/mol. The molecule has 1 aliphatic rings. The van der Waals surface area contributed by atoms with E-state index >= 15 is 0 Å². The number of benzene rings is 1. The predicted octanol–water partition coefficient (Wildman–Crippen LogP) is 2.13. The molecule has 0 aromatic heterocycles. The number of carbonyl (C=O) groups excluding carboxylic acids is 2. The maximum absolute atomic E-state index is 12.6. The summed E-state index contributed by atoms with van der Waals surface area (Å²) in [6.07, 6.45) is 1.33. The molecule has 0 aliphatic carbocycles. The molecule has 1 aliphatic heterocycles. The Hall–Kier alpha value is -1.84. The molecule has 20 heavy (non-hydrogen) atoms. The number of anilines is 1. The molecule has 1 N–H and O–H groups in total. The number of aryl methyl sites for hydroxylation is 1. The second kappa shape index (κ2) is 6.07. The zero-order valence-corrected chi connectivity index (χ0v) is 12.3. The lowest BCUT2D eigenvalue weighted by Crippen LogP contribution is -2.47. The largest absolute Gasteiger partial charge is 0.344 e. The van der Waals surface area contributed by atoms with Crippen LogP contribution in [0, 0.1) is 5.92 Å².